The smallest absolute Gasteiger partial charge is 0.115 e. The molecule has 1 aromatic carbocycles. The average molecular weight is 171 g/mol. The maximum Gasteiger partial charge on any atom is 0.115 e. The first-order valence-electron chi connectivity index (χ1n) is 3.89. The minimum Gasteiger partial charge on any atom is -0.508 e. The average Bonchev–Trinajstić information content (AvgIpc) is 2.09. The first-order valence-corrected chi connectivity index (χ1v) is 3.89. The van der Waals surface area contributed by atoms with Crippen LogP contribution in [0.2, 0.25) is 0 Å². The summed E-state index contributed by atoms with van der Waals surface area (Å²) in [6, 6.07) is 6.93. The molecule has 0 spiro atoms. The molecule has 2 nitrogen and oxygen atoms in total. The predicted octanol–water partition coefficient (Wildman–Crippen LogP) is 1.97. The molecule has 1 N–H and O–H groups in total. The Labute approximate surface area is 77.4 Å². The van der Waals surface area contributed by atoms with E-state index in [9.17, 15) is 0 Å². The topological polar surface area (TPSA) is 44.0 Å². The van der Waals surface area contributed by atoms with E-state index >= 15 is 0 Å². The molecule has 64 valence electrons. The summed E-state index contributed by atoms with van der Waals surface area (Å²) in [5.41, 5.74) is 1.78. The zero-order chi connectivity index (χ0) is 9.68. The number of aryl methyl sites for hydroxylation is 1. The number of aromatic hydroxyl groups is 1. The number of benzene rings is 1. The van der Waals surface area contributed by atoms with Crippen LogP contribution in [0.25, 0.3) is 0 Å². The van der Waals surface area contributed by atoms with Gasteiger partial charge in [-0.25, -0.2) is 0 Å². The number of phenols is 1. The summed E-state index contributed by atoms with van der Waals surface area (Å²) >= 11 is 0. The van der Waals surface area contributed by atoms with E-state index in [-0.39, 0.29) is 12.2 Å². The van der Waals surface area contributed by atoms with Crippen molar-refractivity contribution in [2.24, 2.45) is 0 Å². The third-order valence-corrected chi connectivity index (χ3v) is 1.60. The third-order valence-electron chi connectivity index (χ3n) is 1.60. The van der Waals surface area contributed by atoms with E-state index < -0.39 is 0 Å². The Bertz CT molecular complexity index is 404. The standard InChI is InChI=1S/C11H9NO/c1-9-8-11(13)6-5-10(9)4-2-3-7-12/h5-6,8,13H,3H2,1H3. The molecule has 2 heteroatoms. The number of rotatable bonds is 0. The quantitative estimate of drug-likeness (QED) is 0.606. The van der Waals surface area contributed by atoms with Gasteiger partial charge in [-0.3, -0.25) is 0 Å². The zero-order valence-corrected chi connectivity index (χ0v) is 7.33. The third kappa shape index (κ3) is 2.54. The van der Waals surface area contributed by atoms with Crippen LogP contribution < -0.4 is 0 Å². The van der Waals surface area contributed by atoms with E-state index in [1.54, 1.807) is 18.2 Å². The predicted molar refractivity (Wildman–Crippen MR) is 50.0 cm³/mol. The van der Waals surface area contributed by atoms with Gasteiger partial charge in [0, 0.05) is 5.56 Å². The number of nitrogens with zero attached hydrogens (tertiary/aromatic N) is 1. The lowest BCUT2D eigenvalue weighted by Gasteiger charge is -1.97. The van der Waals surface area contributed by atoms with E-state index in [4.69, 9.17) is 10.4 Å². The fourth-order valence-corrected chi connectivity index (χ4v) is 0.967. The monoisotopic (exact) mass is 171 g/mol. The highest BCUT2D eigenvalue weighted by atomic mass is 16.3. The van der Waals surface area contributed by atoms with Crippen molar-refractivity contribution in [3.05, 3.63) is 29.3 Å². The Balaban J connectivity index is 2.93. The van der Waals surface area contributed by atoms with Crippen molar-refractivity contribution in [3.8, 4) is 23.7 Å². The summed E-state index contributed by atoms with van der Waals surface area (Å²) in [7, 11) is 0. The molecule has 1 aromatic rings. The van der Waals surface area contributed by atoms with Crippen LogP contribution >= 0.6 is 0 Å². The summed E-state index contributed by atoms with van der Waals surface area (Å²) in [5.74, 6) is 5.82. The maximum atomic E-state index is 9.11. The van der Waals surface area contributed by atoms with Gasteiger partial charge in [0.15, 0.2) is 0 Å². The Morgan fingerprint density at radius 2 is 2.23 bits per heavy atom. The van der Waals surface area contributed by atoms with Crippen LogP contribution in [0.3, 0.4) is 0 Å². The second-order valence-corrected chi connectivity index (χ2v) is 2.64. The molecule has 0 aliphatic heterocycles. The van der Waals surface area contributed by atoms with Crippen molar-refractivity contribution in [3.63, 3.8) is 0 Å². The molecule has 0 unspecified atom stereocenters. The SMILES string of the molecule is Cc1cc(O)ccc1C#CCC#N. The van der Waals surface area contributed by atoms with Gasteiger partial charge in [0.25, 0.3) is 0 Å². The van der Waals surface area contributed by atoms with Crippen LogP contribution in [0.4, 0.5) is 0 Å². The first kappa shape index (κ1) is 9.16. The summed E-state index contributed by atoms with van der Waals surface area (Å²) in [6.07, 6.45) is 0.236. The van der Waals surface area contributed by atoms with E-state index in [2.05, 4.69) is 11.8 Å². The second-order valence-electron chi connectivity index (χ2n) is 2.64. The van der Waals surface area contributed by atoms with Gasteiger partial charge in [0.05, 0.1) is 12.5 Å². The molecule has 0 aliphatic rings. The lowest BCUT2D eigenvalue weighted by molar-refractivity contribution is 0.475. The highest BCUT2D eigenvalue weighted by molar-refractivity contribution is 5.44. The number of phenolic OH excluding ortho intramolecular Hbond substituents is 1. The summed E-state index contributed by atoms with van der Waals surface area (Å²) in [6.45, 7) is 1.87. The minimum absolute atomic E-state index is 0.236. The lowest BCUT2D eigenvalue weighted by atomic mass is 10.1. The van der Waals surface area contributed by atoms with Crippen LogP contribution in [0.15, 0.2) is 18.2 Å². The molecule has 0 amide bonds. The Morgan fingerprint density at radius 1 is 1.46 bits per heavy atom. The van der Waals surface area contributed by atoms with Gasteiger partial charge in [-0.05, 0) is 30.7 Å². The van der Waals surface area contributed by atoms with Crippen molar-refractivity contribution in [1.82, 2.24) is 0 Å². The van der Waals surface area contributed by atoms with E-state index in [1.807, 2.05) is 13.0 Å². The largest absolute Gasteiger partial charge is 0.508 e. The lowest BCUT2D eigenvalue weighted by Crippen LogP contribution is -1.80. The summed E-state index contributed by atoms with van der Waals surface area (Å²) in [4.78, 5) is 0. The molecule has 0 bridgehead atoms. The Morgan fingerprint density at radius 3 is 2.85 bits per heavy atom. The number of nitriles is 1. The van der Waals surface area contributed by atoms with Gasteiger partial charge in [0.1, 0.15) is 5.75 Å². The summed E-state index contributed by atoms with van der Waals surface area (Å²) in [5, 5.41) is 17.4. The fourth-order valence-electron chi connectivity index (χ4n) is 0.967. The molecule has 0 atom stereocenters. The van der Waals surface area contributed by atoms with Crippen LogP contribution in [0, 0.1) is 30.1 Å². The minimum atomic E-state index is 0.236. The van der Waals surface area contributed by atoms with Gasteiger partial charge < -0.3 is 5.11 Å². The molecular formula is C11H9NO. The Kier molecular flexibility index (Phi) is 2.95. The molecule has 13 heavy (non-hydrogen) atoms. The molecule has 1 rings (SSSR count). The normalized spacial score (nSPS) is 8.31. The van der Waals surface area contributed by atoms with Crippen molar-refractivity contribution in [1.29, 1.82) is 5.26 Å². The van der Waals surface area contributed by atoms with Crippen molar-refractivity contribution >= 4 is 0 Å². The highest BCUT2D eigenvalue weighted by Gasteiger charge is 1.94. The fraction of sp³-hybridized carbons (Fsp3) is 0.182. The van der Waals surface area contributed by atoms with E-state index in [0.717, 1.165) is 11.1 Å². The van der Waals surface area contributed by atoms with Gasteiger partial charge in [-0.1, -0.05) is 11.8 Å². The molecule has 0 aromatic heterocycles. The summed E-state index contributed by atoms with van der Waals surface area (Å²) < 4.78 is 0. The Hall–Kier alpha value is -1.93. The van der Waals surface area contributed by atoms with Crippen LogP contribution in [0.5, 0.6) is 5.75 Å². The van der Waals surface area contributed by atoms with Crippen molar-refractivity contribution in [2.45, 2.75) is 13.3 Å². The first-order chi connectivity index (χ1) is 6.24. The van der Waals surface area contributed by atoms with Crippen LogP contribution in [0.1, 0.15) is 17.5 Å². The van der Waals surface area contributed by atoms with Crippen molar-refractivity contribution in [2.75, 3.05) is 0 Å². The number of hydrogen-bond donors (Lipinski definition) is 1. The molecule has 0 aliphatic carbocycles. The van der Waals surface area contributed by atoms with Gasteiger partial charge in [-0.15, -0.1) is 0 Å². The molecule has 0 radical (unpaired) electrons. The van der Waals surface area contributed by atoms with Gasteiger partial charge in [-0.2, -0.15) is 5.26 Å². The van der Waals surface area contributed by atoms with Crippen LogP contribution in [-0.2, 0) is 0 Å². The highest BCUT2D eigenvalue weighted by Crippen LogP contribution is 2.14. The van der Waals surface area contributed by atoms with Crippen LogP contribution in [-0.4, -0.2) is 5.11 Å². The molecule has 0 heterocycles. The zero-order valence-electron chi connectivity index (χ0n) is 7.33. The molecule has 0 saturated carbocycles. The van der Waals surface area contributed by atoms with E-state index in [1.165, 1.54) is 0 Å². The second kappa shape index (κ2) is 4.18. The maximum absolute atomic E-state index is 9.11. The molecule has 0 fully saturated rings. The molecule has 0 saturated heterocycles. The molecular weight excluding hydrogens is 162 g/mol. The van der Waals surface area contributed by atoms with Gasteiger partial charge >= 0.3 is 0 Å². The number of hydrogen-bond acceptors (Lipinski definition) is 2. The van der Waals surface area contributed by atoms with Gasteiger partial charge in [0.2, 0.25) is 0 Å². The van der Waals surface area contributed by atoms with Crippen molar-refractivity contribution < 1.29 is 5.11 Å². The van der Waals surface area contributed by atoms with E-state index in [0.29, 0.717) is 0 Å².